The largest absolute Gasteiger partial charge is 0.461 e. The number of carbonyl (C=O) groups excluding carboxylic acids is 2. The van der Waals surface area contributed by atoms with E-state index in [1.54, 1.807) is 33.8 Å². The fourth-order valence-electron chi connectivity index (χ4n) is 5.05. The minimum absolute atomic E-state index is 0.0302. The fourth-order valence-corrected chi connectivity index (χ4v) is 5.38. The van der Waals surface area contributed by atoms with Gasteiger partial charge in [-0.05, 0) is 70.4 Å². The van der Waals surface area contributed by atoms with E-state index in [9.17, 15) is 14.0 Å². The number of aromatic nitrogens is 2. The van der Waals surface area contributed by atoms with Gasteiger partial charge in [0.2, 0.25) is 0 Å². The lowest BCUT2D eigenvalue weighted by atomic mass is 9.88. The van der Waals surface area contributed by atoms with Crippen LogP contribution in [0.4, 0.5) is 8.78 Å². The Morgan fingerprint density at radius 3 is 2.38 bits per heavy atom. The Balaban J connectivity index is 2.06. The molecule has 1 aliphatic rings. The first-order chi connectivity index (χ1) is 18.9. The van der Waals surface area contributed by atoms with Crippen LogP contribution < -0.4 is 0 Å². The maximum atomic E-state index is 16.1. The van der Waals surface area contributed by atoms with Crippen LogP contribution in [0.2, 0.25) is 10.0 Å². The third-order valence-electron chi connectivity index (χ3n) is 6.67. The summed E-state index contributed by atoms with van der Waals surface area (Å²) in [5.74, 6) is -2.40. The van der Waals surface area contributed by atoms with Crippen molar-refractivity contribution in [1.29, 1.82) is 0 Å². The van der Waals surface area contributed by atoms with Crippen molar-refractivity contribution in [2.24, 2.45) is 0 Å². The van der Waals surface area contributed by atoms with Crippen molar-refractivity contribution in [2.75, 3.05) is 6.61 Å². The number of benzene rings is 2. The molecule has 0 amide bonds. The predicted octanol–water partition coefficient (Wildman–Crippen LogP) is 8.23. The summed E-state index contributed by atoms with van der Waals surface area (Å²) in [6, 6.07) is 6.89. The Labute approximate surface area is 242 Å². The predicted molar refractivity (Wildman–Crippen MR) is 150 cm³/mol. The van der Waals surface area contributed by atoms with Gasteiger partial charge in [0.15, 0.2) is 11.5 Å². The number of halogens is 4. The fraction of sp³-hybridized carbons (Fsp3) is 0.433. The number of hydrogen-bond acceptors (Lipinski definition) is 5. The number of esters is 2. The van der Waals surface area contributed by atoms with Gasteiger partial charge >= 0.3 is 11.9 Å². The zero-order valence-electron chi connectivity index (χ0n) is 23.0. The average molecular weight is 593 g/mol. The summed E-state index contributed by atoms with van der Waals surface area (Å²) < 4.78 is 42.7. The molecule has 0 radical (unpaired) electrons. The molecule has 2 aromatic carbocycles. The second-order valence-corrected chi connectivity index (χ2v) is 11.6. The average Bonchev–Trinajstić information content (AvgIpc) is 3.28. The minimum Gasteiger partial charge on any atom is -0.461 e. The molecule has 0 saturated heterocycles. The van der Waals surface area contributed by atoms with E-state index in [0.29, 0.717) is 11.4 Å². The van der Waals surface area contributed by atoms with Crippen LogP contribution in [0.3, 0.4) is 0 Å². The summed E-state index contributed by atoms with van der Waals surface area (Å²) in [5, 5.41) is -0.355. The molecule has 10 heteroatoms. The highest BCUT2D eigenvalue weighted by Crippen LogP contribution is 2.41. The summed E-state index contributed by atoms with van der Waals surface area (Å²) in [7, 11) is 0. The molecule has 40 heavy (non-hydrogen) atoms. The summed E-state index contributed by atoms with van der Waals surface area (Å²) in [6.07, 6.45) is 4.21. The van der Waals surface area contributed by atoms with Gasteiger partial charge in [-0.15, -0.1) is 0 Å². The summed E-state index contributed by atoms with van der Waals surface area (Å²) in [6.45, 7) is 6.98. The molecule has 1 aromatic heterocycles. The van der Waals surface area contributed by atoms with E-state index in [2.05, 4.69) is 0 Å². The molecular formula is C30H32Cl2F2N2O4. The van der Waals surface area contributed by atoms with Crippen molar-refractivity contribution in [3.05, 3.63) is 69.1 Å². The van der Waals surface area contributed by atoms with Crippen molar-refractivity contribution in [1.82, 2.24) is 9.55 Å². The van der Waals surface area contributed by atoms with Gasteiger partial charge in [0.1, 0.15) is 17.2 Å². The van der Waals surface area contributed by atoms with Gasteiger partial charge in [0, 0.05) is 11.5 Å². The van der Waals surface area contributed by atoms with Crippen LogP contribution >= 0.6 is 23.2 Å². The minimum atomic E-state index is -0.790. The first-order valence-corrected chi connectivity index (χ1v) is 14.1. The molecule has 4 rings (SSSR count). The van der Waals surface area contributed by atoms with E-state index in [1.165, 1.54) is 28.8 Å². The van der Waals surface area contributed by atoms with Gasteiger partial charge in [-0.3, -0.25) is 9.36 Å². The summed E-state index contributed by atoms with van der Waals surface area (Å²) in [5.41, 5.74) is -0.0582. The van der Waals surface area contributed by atoms with E-state index in [4.69, 9.17) is 37.7 Å². The molecule has 1 aliphatic carbocycles. The molecular weight excluding hydrogens is 561 g/mol. The maximum Gasteiger partial charge on any atom is 0.359 e. The molecule has 214 valence electrons. The first-order valence-electron chi connectivity index (χ1n) is 13.4. The monoisotopic (exact) mass is 592 g/mol. The molecule has 3 aromatic rings. The molecule has 6 nitrogen and oxygen atoms in total. The molecule has 0 unspecified atom stereocenters. The second-order valence-electron chi connectivity index (χ2n) is 10.8. The van der Waals surface area contributed by atoms with Crippen molar-refractivity contribution >= 4 is 35.1 Å². The Morgan fingerprint density at radius 2 is 1.75 bits per heavy atom. The normalized spacial score (nSPS) is 14.3. The molecule has 0 bridgehead atoms. The van der Waals surface area contributed by atoms with Crippen LogP contribution in [-0.4, -0.2) is 33.7 Å². The Hall–Kier alpha value is -2.97. The van der Waals surface area contributed by atoms with E-state index < -0.39 is 29.2 Å². The number of ether oxygens (including phenoxy) is 2. The lowest BCUT2D eigenvalue weighted by Crippen LogP contribution is -2.25. The van der Waals surface area contributed by atoms with Crippen molar-refractivity contribution < 1.29 is 27.8 Å². The van der Waals surface area contributed by atoms with Crippen LogP contribution in [0, 0.1) is 11.6 Å². The number of nitrogens with zero attached hydrogens (tertiary/aromatic N) is 2. The van der Waals surface area contributed by atoms with Crippen LogP contribution in [-0.2, 0) is 20.7 Å². The first kappa shape index (κ1) is 30.0. The van der Waals surface area contributed by atoms with Crippen molar-refractivity contribution in [3.8, 4) is 16.9 Å². The second kappa shape index (κ2) is 12.3. The van der Waals surface area contributed by atoms with E-state index >= 15 is 4.39 Å². The summed E-state index contributed by atoms with van der Waals surface area (Å²) in [4.78, 5) is 30.9. The van der Waals surface area contributed by atoms with E-state index in [0.717, 1.165) is 32.1 Å². The molecule has 0 N–H and O–H groups in total. The van der Waals surface area contributed by atoms with Gasteiger partial charge in [0.25, 0.3) is 0 Å². The lowest BCUT2D eigenvalue weighted by Gasteiger charge is -2.25. The highest BCUT2D eigenvalue weighted by atomic mass is 35.5. The highest BCUT2D eigenvalue weighted by Gasteiger charge is 2.33. The molecule has 0 spiro atoms. The molecule has 1 heterocycles. The quantitative estimate of drug-likeness (QED) is 0.258. The topological polar surface area (TPSA) is 70.4 Å². The Morgan fingerprint density at radius 1 is 1.05 bits per heavy atom. The maximum absolute atomic E-state index is 16.1. The molecule has 1 fully saturated rings. The lowest BCUT2D eigenvalue weighted by molar-refractivity contribution is -0.153. The van der Waals surface area contributed by atoms with Crippen LogP contribution in [0.25, 0.3) is 16.9 Å². The number of imidazole rings is 1. The van der Waals surface area contributed by atoms with E-state index in [1.807, 2.05) is 0 Å². The zero-order chi connectivity index (χ0) is 29.2. The summed E-state index contributed by atoms with van der Waals surface area (Å²) >= 11 is 12.4. The molecule has 0 atom stereocenters. The number of carbonyl (C=O) groups is 2. The van der Waals surface area contributed by atoms with Crippen molar-refractivity contribution in [3.63, 3.8) is 0 Å². The third kappa shape index (κ3) is 6.50. The highest BCUT2D eigenvalue weighted by molar-refractivity contribution is 6.31. The number of rotatable bonds is 7. The van der Waals surface area contributed by atoms with Gasteiger partial charge in [-0.1, -0.05) is 48.5 Å². The van der Waals surface area contributed by atoms with Gasteiger partial charge in [-0.2, -0.15) is 0 Å². The SMILES string of the molecule is CCOC(=O)c1nc(C2CCCCC2)n(-c2c(CC(=O)OC(C)(C)C)ccc(Cl)c2F)c1-c1ccc(F)c(Cl)c1. The van der Waals surface area contributed by atoms with Crippen molar-refractivity contribution in [2.45, 2.75) is 77.7 Å². The zero-order valence-corrected chi connectivity index (χ0v) is 24.5. The van der Waals surface area contributed by atoms with Gasteiger partial charge in [0.05, 0.1) is 34.5 Å². The molecule has 1 saturated carbocycles. The number of hydrogen-bond donors (Lipinski definition) is 0. The smallest absolute Gasteiger partial charge is 0.359 e. The van der Waals surface area contributed by atoms with Crippen LogP contribution in [0.5, 0.6) is 0 Å². The van der Waals surface area contributed by atoms with Crippen LogP contribution in [0.1, 0.15) is 87.6 Å². The van der Waals surface area contributed by atoms with Gasteiger partial charge < -0.3 is 9.47 Å². The standard InChI is InChI=1S/C30H32Cl2F2N2O4/c1-5-39-29(38)25-27(18-12-14-22(33)21(32)15-18)36(28(35-25)17-9-7-6-8-10-17)26-19(11-13-20(31)24(26)34)16-23(37)40-30(2,3)4/h11-15,17H,5-10,16H2,1-4H3. The Bertz CT molecular complexity index is 1430. The van der Waals surface area contributed by atoms with E-state index in [-0.39, 0.29) is 51.6 Å². The molecule has 0 aliphatic heterocycles. The van der Waals surface area contributed by atoms with Gasteiger partial charge in [-0.25, -0.2) is 18.6 Å². The third-order valence-corrected chi connectivity index (χ3v) is 7.25. The Kier molecular flexibility index (Phi) is 9.20. The van der Waals surface area contributed by atoms with Crippen LogP contribution in [0.15, 0.2) is 30.3 Å².